The number of hydrogen-bond donors (Lipinski definition) is 1. The molecule has 0 amide bonds. The molecule has 1 aliphatic carbocycles. The Morgan fingerprint density at radius 3 is 3.00 bits per heavy atom. The predicted molar refractivity (Wildman–Crippen MR) is 67.9 cm³/mol. The van der Waals surface area contributed by atoms with Crippen molar-refractivity contribution in [3.63, 3.8) is 0 Å². The van der Waals surface area contributed by atoms with Crippen LogP contribution in [0, 0.1) is 0 Å². The third kappa shape index (κ3) is 1.28. The average molecular weight is 282 g/mol. The summed E-state index contributed by atoms with van der Waals surface area (Å²) < 4.78 is 6.96. The summed E-state index contributed by atoms with van der Waals surface area (Å²) in [5.74, 6) is 1.11. The van der Waals surface area contributed by atoms with E-state index in [-0.39, 0.29) is 11.5 Å². The summed E-state index contributed by atoms with van der Waals surface area (Å²) in [6, 6.07) is 2.32. The molecule has 0 aromatic heterocycles. The van der Waals surface area contributed by atoms with Crippen molar-refractivity contribution in [3.05, 3.63) is 27.2 Å². The van der Waals surface area contributed by atoms with Gasteiger partial charge < -0.3 is 10.5 Å². The Hall–Kier alpha value is -0.540. The van der Waals surface area contributed by atoms with E-state index >= 15 is 0 Å². The Balaban J connectivity index is 2.33. The van der Waals surface area contributed by atoms with Crippen molar-refractivity contribution in [1.82, 2.24) is 0 Å². The van der Waals surface area contributed by atoms with Gasteiger partial charge in [-0.2, -0.15) is 0 Å². The van der Waals surface area contributed by atoms with Crippen molar-refractivity contribution in [1.29, 1.82) is 0 Å². The standard InChI is InChI=1S/C13H16BrNO/c1-13(2)6-9(15)10-8(14)5-7-3-4-16-12(7)11(10)13/h5,9H,3-4,6,15H2,1-2H3/t9-/m1/s1. The van der Waals surface area contributed by atoms with Crippen molar-refractivity contribution in [3.8, 4) is 5.75 Å². The monoisotopic (exact) mass is 281 g/mol. The van der Waals surface area contributed by atoms with Crippen molar-refractivity contribution in [2.45, 2.75) is 38.1 Å². The van der Waals surface area contributed by atoms with E-state index in [0.29, 0.717) is 0 Å². The topological polar surface area (TPSA) is 35.2 Å². The fourth-order valence-corrected chi connectivity index (χ4v) is 3.87. The summed E-state index contributed by atoms with van der Waals surface area (Å²) in [7, 11) is 0. The van der Waals surface area contributed by atoms with Crippen LogP contribution in [0.25, 0.3) is 0 Å². The molecular weight excluding hydrogens is 266 g/mol. The van der Waals surface area contributed by atoms with Crippen LogP contribution >= 0.6 is 15.9 Å². The highest BCUT2D eigenvalue weighted by atomic mass is 79.9. The van der Waals surface area contributed by atoms with Gasteiger partial charge in [-0.25, -0.2) is 0 Å². The van der Waals surface area contributed by atoms with Gasteiger partial charge in [-0.3, -0.25) is 0 Å². The summed E-state index contributed by atoms with van der Waals surface area (Å²) in [5, 5.41) is 0. The smallest absolute Gasteiger partial charge is 0.126 e. The molecule has 2 nitrogen and oxygen atoms in total. The molecule has 2 N–H and O–H groups in total. The van der Waals surface area contributed by atoms with Gasteiger partial charge in [0, 0.05) is 22.5 Å². The van der Waals surface area contributed by atoms with Gasteiger partial charge in [0.05, 0.1) is 6.61 Å². The van der Waals surface area contributed by atoms with E-state index in [1.807, 2.05) is 0 Å². The molecule has 0 radical (unpaired) electrons. The van der Waals surface area contributed by atoms with Gasteiger partial charge >= 0.3 is 0 Å². The van der Waals surface area contributed by atoms with Crippen LogP contribution in [0.15, 0.2) is 10.5 Å². The largest absolute Gasteiger partial charge is 0.493 e. The molecule has 0 saturated heterocycles. The van der Waals surface area contributed by atoms with E-state index in [2.05, 4.69) is 35.8 Å². The van der Waals surface area contributed by atoms with Crippen LogP contribution in [-0.2, 0) is 11.8 Å². The van der Waals surface area contributed by atoms with Crippen LogP contribution in [0.2, 0.25) is 0 Å². The second-order valence-electron chi connectivity index (χ2n) is 5.43. The summed E-state index contributed by atoms with van der Waals surface area (Å²) in [4.78, 5) is 0. The van der Waals surface area contributed by atoms with Gasteiger partial charge in [0.2, 0.25) is 0 Å². The second kappa shape index (κ2) is 3.23. The Morgan fingerprint density at radius 1 is 1.50 bits per heavy atom. The van der Waals surface area contributed by atoms with E-state index in [1.54, 1.807) is 0 Å². The van der Waals surface area contributed by atoms with Gasteiger partial charge in [-0.15, -0.1) is 0 Å². The van der Waals surface area contributed by atoms with Gasteiger partial charge in [0.1, 0.15) is 5.75 Å². The number of benzene rings is 1. The minimum atomic E-state index is 0.132. The molecule has 3 heteroatoms. The zero-order chi connectivity index (χ0) is 11.5. The second-order valence-corrected chi connectivity index (χ2v) is 6.28. The van der Waals surface area contributed by atoms with Crippen LogP contribution in [0.1, 0.15) is 43.0 Å². The maximum Gasteiger partial charge on any atom is 0.126 e. The Kier molecular flexibility index (Phi) is 2.14. The van der Waals surface area contributed by atoms with Crippen molar-refractivity contribution >= 4 is 15.9 Å². The minimum absolute atomic E-state index is 0.132. The fraction of sp³-hybridized carbons (Fsp3) is 0.538. The Bertz CT molecular complexity index is 467. The third-order valence-electron chi connectivity index (χ3n) is 3.74. The Morgan fingerprint density at radius 2 is 2.25 bits per heavy atom. The Labute approximate surface area is 104 Å². The van der Waals surface area contributed by atoms with Gasteiger partial charge in [-0.1, -0.05) is 29.8 Å². The average Bonchev–Trinajstić information content (AvgIpc) is 2.68. The lowest BCUT2D eigenvalue weighted by molar-refractivity contribution is 0.345. The lowest BCUT2D eigenvalue weighted by Crippen LogP contribution is -2.15. The first-order valence-corrected chi connectivity index (χ1v) is 6.54. The van der Waals surface area contributed by atoms with Crippen LogP contribution in [0.5, 0.6) is 5.75 Å². The maximum atomic E-state index is 6.23. The number of hydrogen-bond acceptors (Lipinski definition) is 2. The molecular formula is C13H16BrNO. The van der Waals surface area contributed by atoms with Gasteiger partial charge in [0.25, 0.3) is 0 Å². The van der Waals surface area contributed by atoms with Crippen LogP contribution in [0.3, 0.4) is 0 Å². The first-order valence-electron chi connectivity index (χ1n) is 5.75. The van der Waals surface area contributed by atoms with E-state index in [0.717, 1.165) is 29.7 Å². The zero-order valence-electron chi connectivity index (χ0n) is 9.64. The molecule has 16 heavy (non-hydrogen) atoms. The van der Waals surface area contributed by atoms with Crippen molar-refractivity contribution < 1.29 is 4.74 Å². The molecule has 3 rings (SSSR count). The predicted octanol–water partition coefficient (Wildman–Crippen LogP) is 3.07. The number of rotatable bonds is 0. The van der Waals surface area contributed by atoms with E-state index in [9.17, 15) is 0 Å². The molecule has 1 aromatic rings. The molecule has 1 aliphatic heterocycles. The SMILES string of the molecule is CC1(C)C[C@@H](N)c2c(Br)cc3c(c21)OCC3. The zero-order valence-corrected chi connectivity index (χ0v) is 11.2. The molecule has 2 aliphatic rings. The molecule has 1 atom stereocenters. The maximum absolute atomic E-state index is 6.23. The number of halogens is 1. The third-order valence-corrected chi connectivity index (χ3v) is 4.40. The molecule has 0 unspecified atom stereocenters. The van der Waals surface area contributed by atoms with Gasteiger partial charge in [0.15, 0.2) is 0 Å². The number of ether oxygens (including phenoxy) is 1. The highest BCUT2D eigenvalue weighted by Crippen LogP contribution is 2.52. The number of fused-ring (bicyclic) bond motifs is 3. The normalized spacial score (nSPS) is 25.1. The minimum Gasteiger partial charge on any atom is -0.493 e. The summed E-state index contributed by atoms with van der Waals surface area (Å²) >= 11 is 3.66. The van der Waals surface area contributed by atoms with E-state index < -0.39 is 0 Å². The molecule has 1 heterocycles. The van der Waals surface area contributed by atoms with Crippen molar-refractivity contribution in [2.24, 2.45) is 5.73 Å². The summed E-state index contributed by atoms with van der Waals surface area (Å²) in [5.41, 5.74) is 10.3. The molecule has 0 spiro atoms. The molecule has 0 bridgehead atoms. The van der Waals surface area contributed by atoms with Crippen molar-refractivity contribution in [2.75, 3.05) is 6.61 Å². The summed E-state index contributed by atoms with van der Waals surface area (Å²) in [6.45, 7) is 5.32. The first-order chi connectivity index (χ1) is 7.50. The van der Waals surface area contributed by atoms with Crippen LogP contribution in [0.4, 0.5) is 0 Å². The number of nitrogens with two attached hydrogens (primary N) is 1. The molecule has 0 fully saturated rings. The molecule has 86 valence electrons. The quantitative estimate of drug-likeness (QED) is 0.793. The summed E-state index contributed by atoms with van der Waals surface area (Å²) in [6.07, 6.45) is 2.02. The first kappa shape index (κ1) is 10.6. The van der Waals surface area contributed by atoms with Crippen LogP contribution in [-0.4, -0.2) is 6.61 Å². The lowest BCUT2D eigenvalue weighted by Gasteiger charge is -2.21. The van der Waals surface area contributed by atoms with E-state index in [1.165, 1.54) is 16.7 Å². The lowest BCUT2D eigenvalue weighted by atomic mass is 9.85. The van der Waals surface area contributed by atoms with Crippen LogP contribution < -0.4 is 10.5 Å². The molecule has 1 aromatic carbocycles. The fourth-order valence-electron chi connectivity index (χ4n) is 3.10. The molecule has 0 saturated carbocycles. The highest BCUT2D eigenvalue weighted by Gasteiger charge is 2.41. The van der Waals surface area contributed by atoms with E-state index in [4.69, 9.17) is 10.5 Å². The van der Waals surface area contributed by atoms with Gasteiger partial charge in [-0.05, 0) is 29.0 Å². The highest BCUT2D eigenvalue weighted by molar-refractivity contribution is 9.10.